The Morgan fingerprint density at radius 2 is 2.20 bits per heavy atom. The van der Waals surface area contributed by atoms with Gasteiger partial charge in [-0.15, -0.1) is 10.2 Å². The van der Waals surface area contributed by atoms with E-state index < -0.39 is 0 Å². The summed E-state index contributed by atoms with van der Waals surface area (Å²) in [7, 11) is 0. The third-order valence-corrected chi connectivity index (χ3v) is 1.98. The Balaban J connectivity index is 2.11. The fourth-order valence-electron chi connectivity index (χ4n) is 1.25. The Bertz CT molecular complexity index is 396. The zero-order valence-corrected chi connectivity index (χ0v) is 8.14. The van der Waals surface area contributed by atoms with Crippen LogP contribution in [0.15, 0.2) is 30.6 Å². The number of rotatable bonds is 4. The summed E-state index contributed by atoms with van der Waals surface area (Å²) >= 11 is 0. The van der Waals surface area contributed by atoms with Gasteiger partial charge < -0.3 is 15.4 Å². The lowest BCUT2D eigenvalue weighted by Gasteiger charge is -2.02. The number of anilines is 1. The molecule has 78 valence electrons. The highest BCUT2D eigenvalue weighted by atomic mass is 16.3. The SMILES string of the molecule is OCCNc1ccc(-c2cc[nH]c2)nn1. The molecule has 15 heavy (non-hydrogen) atoms. The molecular weight excluding hydrogens is 192 g/mol. The lowest BCUT2D eigenvalue weighted by molar-refractivity contribution is 0.311. The fraction of sp³-hybridized carbons (Fsp3) is 0.200. The second kappa shape index (κ2) is 4.56. The molecule has 0 bridgehead atoms. The lowest BCUT2D eigenvalue weighted by atomic mass is 10.2. The zero-order valence-electron chi connectivity index (χ0n) is 8.14. The summed E-state index contributed by atoms with van der Waals surface area (Å²) < 4.78 is 0. The van der Waals surface area contributed by atoms with Crippen LogP contribution in [0.5, 0.6) is 0 Å². The van der Waals surface area contributed by atoms with E-state index in [0.29, 0.717) is 12.4 Å². The van der Waals surface area contributed by atoms with Crippen molar-refractivity contribution < 1.29 is 5.11 Å². The zero-order chi connectivity index (χ0) is 10.5. The monoisotopic (exact) mass is 204 g/mol. The summed E-state index contributed by atoms with van der Waals surface area (Å²) in [5.74, 6) is 0.670. The molecule has 0 aromatic carbocycles. The van der Waals surface area contributed by atoms with Crippen molar-refractivity contribution in [2.45, 2.75) is 0 Å². The lowest BCUT2D eigenvalue weighted by Crippen LogP contribution is -2.07. The third-order valence-electron chi connectivity index (χ3n) is 1.98. The molecule has 2 heterocycles. The molecule has 0 unspecified atom stereocenters. The van der Waals surface area contributed by atoms with E-state index in [9.17, 15) is 0 Å². The summed E-state index contributed by atoms with van der Waals surface area (Å²) in [6.07, 6.45) is 3.71. The molecule has 2 aromatic heterocycles. The molecule has 5 heteroatoms. The van der Waals surface area contributed by atoms with Gasteiger partial charge >= 0.3 is 0 Å². The number of aromatic amines is 1. The second-order valence-electron chi connectivity index (χ2n) is 3.05. The summed E-state index contributed by atoms with van der Waals surface area (Å²) in [5, 5.41) is 19.6. The molecule has 2 rings (SSSR count). The summed E-state index contributed by atoms with van der Waals surface area (Å²) in [4.78, 5) is 2.96. The Morgan fingerprint density at radius 1 is 1.27 bits per heavy atom. The molecule has 0 saturated heterocycles. The van der Waals surface area contributed by atoms with Gasteiger partial charge in [0.05, 0.1) is 12.3 Å². The largest absolute Gasteiger partial charge is 0.395 e. The van der Waals surface area contributed by atoms with Gasteiger partial charge in [-0.3, -0.25) is 0 Å². The molecule has 0 amide bonds. The van der Waals surface area contributed by atoms with Gasteiger partial charge in [-0.2, -0.15) is 0 Å². The number of aliphatic hydroxyl groups is 1. The van der Waals surface area contributed by atoms with Crippen molar-refractivity contribution in [1.82, 2.24) is 15.2 Å². The van der Waals surface area contributed by atoms with E-state index in [1.807, 2.05) is 30.6 Å². The van der Waals surface area contributed by atoms with Crippen molar-refractivity contribution >= 4 is 5.82 Å². The Hall–Kier alpha value is -1.88. The van der Waals surface area contributed by atoms with Gasteiger partial charge in [-0.05, 0) is 18.2 Å². The van der Waals surface area contributed by atoms with Gasteiger partial charge in [0, 0.05) is 24.5 Å². The van der Waals surface area contributed by atoms with Crippen molar-refractivity contribution in [3.05, 3.63) is 30.6 Å². The Labute approximate surface area is 87.2 Å². The smallest absolute Gasteiger partial charge is 0.148 e. The maximum atomic E-state index is 8.62. The first-order chi connectivity index (χ1) is 7.40. The van der Waals surface area contributed by atoms with Crippen molar-refractivity contribution in [2.24, 2.45) is 0 Å². The maximum Gasteiger partial charge on any atom is 0.148 e. The van der Waals surface area contributed by atoms with Crippen LogP contribution < -0.4 is 5.32 Å². The number of hydrogen-bond donors (Lipinski definition) is 3. The van der Waals surface area contributed by atoms with Gasteiger partial charge in [-0.25, -0.2) is 0 Å². The molecule has 0 saturated carbocycles. The third kappa shape index (κ3) is 2.32. The number of H-pyrrole nitrogens is 1. The molecule has 0 spiro atoms. The molecule has 0 aliphatic carbocycles. The van der Waals surface area contributed by atoms with Crippen molar-refractivity contribution in [3.63, 3.8) is 0 Å². The number of hydrogen-bond acceptors (Lipinski definition) is 4. The van der Waals surface area contributed by atoms with E-state index in [1.165, 1.54) is 0 Å². The van der Waals surface area contributed by atoms with E-state index in [4.69, 9.17) is 5.11 Å². The van der Waals surface area contributed by atoms with Crippen LogP contribution in [0.1, 0.15) is 0 Å². The predicted molar refractivity (Wildman–Crippen MR) is 57.4 cm³/mol. The van der Waals surface area contributed by atoms with Gasteiger partial charge in [0.15, 0.2) is 0 Å². The second-order valence-corrected chi connectivity index (χ2v) is 3.05. The molecule has 0 aliphatic heterocycles. The van der Waals surface area contributed by atoms with E-state index in [1.54, 1.807) is 0 Å². The van der Waals surface area contributed by atoms with Crippen LogP contribution in [0.25, 0.3) is 11.3 Å². The van der Waals surface area contributed by atoms with Crippen LogP contribution in [-0.2, 0) is 0 Å². The van der Waals surface area contributed by atoms with Crippen molar-refractivity contribution in [3.8, 4) is 11.3 Å². The van der Waals surface area contributed by atoms with Gasteiger partial charge in [0.2, 0.25) is 0 Å². The van der Waals surface area contributed by atoms with Crippen molar-refractivity contribution in [1.29, 1.82) is 0 Å². The standard InChI is InChI=1S/C10H12N4O/c15-6-5-12-10-2-1-9(13-14-10)8-3-4-11-7-8/h1-4,7,11,15H,5-6H2,(H,12,14). The van der Waals surface area contributed by atoms with Crippen LogP contribution in [-0.4, -0.2) is 33.4 Å². The molecular formula is C10H12N4O. The highest BCUT2D eigenvalue weighted by Gasteiger charge is 2.00. The molecule has 0 aliphatic rings. The number of aliphatic hydroxyl groups excluding tert-OH is 1. The Morgan fingerprint density at radius 3 is 2.80 bits per heavy atom. The topological polar surface area (TPSA) is 73.8 Å². The van der Waals surface area contributed by atoms with Crippen molar-refractivity contribution in [2.75, 3.05) is 18.5 Å². The van der Waals surface area contributed by atoms with Crippen LogP contribution >= 0.6 is 0 Å². The molecule has 3 N–H and O–H groups in total. The summed E-state index contributed by atoms with van der Waals surface area (Å²) in [5.41, 5.74) is 1.84. The molecule has 0 fully saturated rings. The average Bonchev–Trinajstić information content (AvgIpc) is 2.80. The molecule has 0 radical (unpaired) electrons. The van der Waals surface area contributed by atoms with E-state index in [2.05, 4.69) is 20.5 Å². The minimum absolute atomic E-state index is 0.0846. The van der Waals surface area contributed by atoms with Gasteiger partial charge in [0.1, 0.15) is 5.82 Å². The van der Waals surface area contributed by atoms with Crippen LogP contribution in [0.2, 0.25) is 0 Å². The van der Waals surface area contributed by atoms with E-state index in [0.717, 1.165) is 11.3 Å². The van der Waals surface area contributed by atoms with Gasteiger partial charge in [0.25, 0.3) is 0 Å². The first kappa shape index (κ1) is 9.67. The maximum absolute atomic E-state index is 8.62. The first-order valence-electron chi connectivity index (χ1n) is 4.72. The number of aromatic nitrogens is 3. The minimum Gasteiger partial charge on any atom is -0.395 e. The Kier molecular flexibility index (Phi) is 2.94. The molecule has 5 nitrogen and oxygen atoms in total. The average molecular weight is 204 g/mol. The van der Waals surface area contributed by atoms with E-state index in [-0.39, 0.29) is 6.61 Å². The predicted octanol–water partition coefficient (Wildman–Crippen LogP) is 0.876. The van der Waals surface area contributed by atoms with Crippen LogP contribution in [0.3, 0.4) is 0 Å². The fourth-order valence-corrected chi connectivity index (χ4v) is 1.25. The molecule has 2 aromatic rings. The highest BCUT2D eigenvalue weighted by molar-refractivity contribution is 5.58. The van der Waals surface area contributed by atoms with Crippen LogP contribution in [0.4, 0.5) is 5.82 Å². The summed E-state index contributed by atoms with van der Waals surface area (Å²) in [6.45, 7) is 0.569. The number of nitrogens with one attached hydrogen (secondary N) is 2. The molecule has 0 atom stereocenters. The minimum atomic E-state index is 0.0846. The quantitative estimate of drug-likeness (QED) is 0.691. The van der Waals surface area contributed by atoms with Gasteiger partial charge in [-0.1, -0.05) is 0 Å². The summed E-state index contributed by atoms with van der Waals surface area (Å²) in [6, 6.07) is 5.66. The number of nitrogens with zero attached hydrogens (tertiary/aromatic N) is 2. The van der Waals surface area contributed by atoms with Crippen LogP contribution in [0, 0.1) is 0 Å². The highest BCUT2D eigenvalue weighted by Crippen LogP contribution is 2.15. The first-order valence-corrected chi connectivity index (χ1v) is 4.72. The normalized spacial score (nSPS) is 10.2. The van der Waals surface area contributed by atoms with E-state index >= 15 is 0 Å².